The minimum absolute atomic E-state index is 0.0943. The summed E-state index contributed by atoms with van der Waals surface area (Å²) in [5.41, 5.74) is 7.30. The van der Waals surface area contributed by atoms with Gasteiger partial charge in [0.05, 0.1) is 34.5 Å². The van der Waals surface area contributed by atoms with Crippen molar-refractivity contribution in [1.82, 2.24) is 9.97 Å². The first-order valence-electron chi connectivity index (χ1n) is 14.4. The first-order chi connectivity index (χ1) is 26.4. The molecule has 56 heavy (non-hydrogen) atoms. The number of hydrogen-bond acceptors (Lipinski definition) is 7. The Morgan fingerprint density at radius 1 is 0.732 bits per heavy atom. The number of nitrogen functional groups attached to an aromatic ring is 2. The summed E-state index contributed by atoms with van der Waals surface area (Å²) in [6.07, 6.45) is 0. The van der Waals surface area contributed by atoms with Crippen molar-refractivity contribution in [1.29, 1.82) is 15.8 Å². The molecule has 0 bridgehead atoms. The number of ketones is 1. The van der Waals surface area contributed by atoms with Gasteiger partial charge in [-0.15, -0.1) is 0 Å². The van der Waals surface area contributed by atoms with Gasteiger partial charge < -0.3 is 16.5 Å². The summed E-state index contributed by atoms with van der Waals surface area (Å²) in [5.74, 6) is -16.4. The topological polar surface area (TPSA) is 182 Å². The third-order valence-corrected chi connectivity index (χ3v) is 8.62. The number of nitrogens with one attached hydrogen (secondary N) is 1. The van der Waals surface area contributed by atoms with E-state index in [2.05, 4.69) is 56.4 Å². The standard InChI is InChI=1S/C17H4BrF4N5.C11H4F4N2O.C7H6BrN3/c1-24-14-7(18)3-4-8-15(14)27-17(26-8)16(25-2)9-12(21)10(19)6(5-23)11(20)13(9)22;1-4(18)11(17-2)6-9(14)7(12)5(3-16)8(13)10(6)15;8-5-1-2-6(10)7(11)4(5)3-9/h3-4,16H,(H,26,27);11H,1H3;1-2H,10-11H2. The maximum atomic E-state index is 14.3. The van der Waals surface area contributed by atoms with Crippen LogP contribution in [-0.2, 0) is 4.79 Å². The normalized spacial score (nSPS) is 11.1. The number of aromatic amines is 1. The average Bonchev–Trinajstić information content (AvgIpc) is 3.60. The van der Waals surface area contributed by atoms with E-state index in [0.717, 1.165) is 19.1 Å². The van der Waals surface area contributed by atoms with Gasteiger partial charge in [0.25, 0.3) is 0 Å². The first-order valence-corrected chi connectivity index (χ1v) is 16.0. The number of H-pyrrole nitrogens is 1. The molecule has 2 atom stereocenters. The van der Waals surface area contributed by atoms with E-state index in [0.29, 0.717) is 31.4 Å². The van der Waals surface area contributed by atoms with Crippen LogP contribution in [0.2, 0.25) is 0 Å². The van der Waals surface area contributed by atoms with Gasteiger partial charge in [0, 0.05) is 15.9 Å². The van der Waals surface area contributed by atoms with Crippen molar-refractivity contribution in [2.24, 2.45) is 0 Å². The molecule has 2 unspecified atom stereocenters. The van der Waals surface area contributed by atoms with Crippen molar-refractivity contribution in [3.63, 3.8) is 0 Å². The van der Waals surface area contributed by atoms with E-state index >= 15 is 0 Å². The number of nitrogens with two attached hydrogens (primary N) is 2. The van der Waals surface area contributed by atoms with Crippen LogP contribution in [0.3, 0.4) is 0 Å². The number of benzene rings is 4. The summed E-state index contributed by atoms with van der Waals surface area (Å²) in [6.45, 7) is 21.9. The first kappa shape index (κ1) is 43.4. The summed E-state index contributed by atoms with van der Waals surface area (Å²) < 4.78 is 111. The van der Waals surface area contributed by atoms with Crippen LogP contribution >= 0.6 is 31.9 Å². The molecular weight excluding hydrogens is 888 g/mol. The number of carbonyl (C=O) groups is 1. The van der Waals surface area contributed by atoms with Crippen molar-refractivity contribution in [2.45, 2.75) is 19.0 Å². The summed E-state index contributed by atoms with van der Waals surface area (Å²) in [5, 5.41) is 25.6. The largest absolute Gasteiger partial charge is 0.397 e. The van der Waals surface area contributed by atoms with E-state index in [1.807, 2.05) is 6.07 Å². The average molecular weight is 902 g/mol. The lowest BCUT2D eigenvalue weighted by atomic mass is 10.00. The number of halogens is 10. The Morgan fingerprint density at radius 3 is 1.59 bits per heavy atom. The quantitative estimate of drug-likeness (QED) is 0.0695. The fraction of sp³-hybridized carbons (Fsp3) is 0.0857. The maximum Gasteiger partial charge on any atom is 0.311 e. The van der Waals surface area contributed by atoms with Gasteiger partial charge in [-0.2, -0.15) is 15.8 Å². The van der Waals surface area contributed by atoms with Crippen molar-refractivity contribution < 1.29 is 39.9 Å². The van der Waals surface area contributed by atoms with Gasteiger partial charge in [0.1, 0.15) is 40.5 Å². The van der Waals surface area contributed by atoms with Crippen molar-refractivity contribution in [3.05, 3.63) is 148 Å². The van der Waals surface area contributed by atoms with E-state index in [1.54, 1.807) is 12.1 Å². The number of imidazole rings is 1. The van der Waals surface area contributed by atoms with Crippen LogP contribution in [0.25, 0.3) is 25.6 Å². The molecule has 0 aliphatic carbocycles. The molecule has 0 aliphatic heterocycles. The summed E-state index contributed by atoms with van der Waals surface area (Å²) in [4.78, 5) is 26.6. The molecular formula is C35H14Br2F8N10O. The molecule has 4 aromatic carbocycles. The highest BCUT2D eigenvalue weighted by Gasteiger charge is 2.37. The number of nitriles is 3. The molecule has 0 amide bonds. The fourth-order valence-electron chi connectivity index (χ4n) is 4.61. The van der Waals surface area contributed by atoms with Gasteiger partial charge in [0.15, 0.2) is 52.4 Å². The highest BCUT2D eigenvalue weighted by atomic mass is 79.9. The number of anilines is 2. The Morgan fingerprint density at radius 2 is 1.20 bits per heavy atom. The van der Waals surface area contributed by atoms with Crippen LogP contribution in [0.1, 0.15) is 52.6 Å². The van der Waals surface area contributed by atoms with Crippen LogP contribution < -0.4 is 11.5 Å². The molecule has 5 rings (SSSR count). The van der Waals surface area contributed by atoms with Gasteiger partial charge in [-0.05, 0) is 34.1 Å². The Hall–Kier alpha value is -7.04. The number of rotatable bonds is 4. The van der Waals surface area contributed by atoms with E-state index in [1.165, 1.54) is 12.1 Å². The fourth-order valence-corrected chi connectivity index (χ4v) is 5.45. The molecule has 11 nitrogen and oxygen atoms in total. The van der Waals surface area contributed by atoms with E-state index in [9.17, 15) is 39.9 Å². The molecule has 0 fully saturated rings. The monoisotopic (exact) mass is 900 g/mol. The second-order valence-corrected chi connectivity index (χ2v) is 12.3. The number of carbonyl (C=O) groups excluding carboxylic acids is 1. The lowest BCUT2D eigenvalue weighted by Crippen LogP contribution is -2.14. The predicted molar refractivity (Wildman–Crippen MR) is 188 cm³/mol. The number of aromatic nitrogens is 2. The van der Waals surface area contributed by atoms with E-state index in [4.69, 9.17) is 47.0 Å². The molecule has 0 saturated carbocycles. The second-order valence-electron chi connectivity index (χ2n) is 10.5. The second kappa shape index (κ2) is 17.9. The third-order valence-electron chi connectivity index (χ3n) is 7.32. The third kappa shape index (κ3) is 8.06. The molecule has 5 aromatic rings. The smallest absolute Gasteiger partial charge is 0.311 e. The van der Waals surface area contributed by atoms with Crippen LogP contribution in [0.15, 0.2) is 33.2 Å². The molecule has 5 N–H and O–H groups in total. The van der Waals surface area contributed by atoms with Gasteiger partial charge >= 0.3 is 12.1 Å². The molecule has 21 heteroatoms. The van der Waals surface area contributed by atoms with E-state index in [-0.39, 0.29) is 17.0 Å². The highest BCUT2D eigenvalue weighted by molar-refractivity contribution is 9.11. The van der Waals surface area contributed by atoms with Crippen molar-refractivity contribution in [2.75, 3.05) is 11.5 Å². The highest BCUT2D eigenvalue weighted by Crippen LogP contribution is 2.38. The van der Waals surface area contributed by atoms with Gasteiger partial charge in [-0.3, -0.25) is 14.5 Å². The lowest BCUT2D eigenvalue weighted by molar-refractivity contribution is -0.117. The van der Waals surface area contributed by atoms with Crippen molar-refractivity contribution in [3.8, 4) is 18.2 Å². The molecule has 280 valence electrons. The minimum atomic E-state index is -1.98. The van der Waals surface area contributed by atoms with Crippen molar-refractivity contribution >= 4 is 65.7 Å². The Labute approximate surface area is 326 Å². The Bertz CT molecular complexity index is 2660. The summed E-state index contributed by atoms with van der Waals surface area (Å²) in [7, 11) is 0. The molecule has 0 aliphatic rings. The Balaban J connectivity index is 0.000000249. The lowest BCUT2D eigenvalue weighted by Gasteiger charge is -2.09. The zero-order valence-electron chi connectivity index (χ0n) is 27.4. The number of Topliss-reactive ketones (excluding diaryl/α,β-unsaturated/α-hetero) is 1. The molecule has 0 radical (unpaired) electrons. The minimum Gasteiger partial charge on any atom is -0.397 e. The van der Waals surface area contributed by atoms with Gasteiger partial charge in [-0.1, -0.05) is 22.0 Å². The van der Waals surface area contributed by atoms with Gasteiger partial charge in [-0.25, -0.2) is 58.1 Å². The van der Waals surface area contributed by atoms with Gasteiger partial charge in [0.2, 0.25) is 11.5 Å². The predicted octanol–water partition coefficient (Wildman–Crippen LogP) is 9.46. The zero-order chi connectivity index (χ0) is 42.3. The number of nitrogens with zero attached hydrogens (tertiary/aromatic N) is 7. The summed E-state index contributed by atoms with van der Waals surface area (Å²) >= 11 is 6.35. The summed E-state index contributed by atoms with van der Waals surface area (Å²) in [6, 6.07) is 6.52. The number of fused-ring (bicyclic) bond motifs is 1. The molecule has 0 spiro atoms. The van der Waals surface area contributed by atoms with Crippen LogP contribution in [-0.4, -0.2) is 15.8 Å². The van der Waals surface area contributed by atoms with Crippen LogP contribution in [0.5, 0.6) is 0 Å². The van der Waals surface area contributed by atoms with Crippen LogP contribution in [0.4, 0.5) is 52.2 Å². The molecule has 1 aromatic heterocycles. The maximum absolute atomic E-state index is 14.3. The molecule has 1 heterocycles. The SMILES string of the molecule is N#Cc1c(Br)ccc(N)c1N.[C-]#[N+]C(C(C)=O)c1c(F)c(F)c(C#N)c(F)c1F.[C-]#[N+]c1c(Br)ccc2[nH]c(C([N+]#[C-])c3c(F)c(F)c(C#N)c(F)c3F)nc12. The molecule has 0 saturated heterocycles. The zero-order valence-corrected chi connectivity index (χ0v) is 30.6. The Kier molecular flexibility index (Phi) is 13.8. The van der Waals surface area contributed by atoms with Crippen LogP contribution in [0, 0.1) is 100 Å². The number of hydrogen-bond donors (Lipinski definition) is 3. The van der Waals surface area contributed by atoms with E-state index < -0.39 is 86.7 Å².